The lowest BCUT2D eigenvalue weighted by Crippen LogP contribution is -2.19. The van der Waals surface area contributed by atoms with Crippen molar-refractivity contribution in [1.29, 1.82) is 0 Å². The number of benzene rings is 1. The highest BCUT2D eigenvalue weighted by molar-refractivity contribution is 9.10. The van der Waals surface area contributed by atoms with Gasteiger partial charge in [-0.25, -0.2) is 4.79 Å². The topological polar surface area (TPSA) is 54.4 Å². The molecule has 1 unspecified atom stereocenters. The number of ketones is 1. The molecule has 0 amide bonds. The van der Waals surface area contributed by atoms with Gasteiger partial charge in [0.25, 0.3) is 0 Å². The van der Waals surface area contributed by atoms with Crippen LogP contribution in [0.2, 0.25) is 0 Å². The fourth-order valence-electron chi connectivity index (χ4n) is 1.09. The van der Waals surface area contributed by atoms with Crippen LogP contribution in [0.25, 0.3) is 0 Å². The lowest BCUT2D eigenvalue weighted by atomic mass is 9.97. The Kier molecular flexibility index (Phi) is 3.41. The minimum Gasteiger partial charge on any atom is -0.475 e. The molecular weight excluding hydrogens is 248 g/mol. The van der Waals surface area contributed by atoms with Gasteiger partial charge in [0.2, 0.25) is 5.78 Å². The highest BCUT2D eigenvalue weighted by Crippen LogP contribution is 2.19. The van der Waals surface area contributed by atoms with E-state index in [9.17, 15) is 9.59 Å². The Bertz CT molecular complexity index is 356. The highest BCUT2D eigenvalue weighted by atomic mass is 79.9. The second kappa shape index (κ2) is 4.37. The fraction of sp³-hybridized carbons (Fsp3) is 0.200. The number of hydrogen-bond acceptors (Lipinski definition) is 2. The van der Waals surface area contributed by atoms with Gasteiger partial charge in [0, 0.05) is 4.47 Å². The van der Waals surface area contributed by atoms with E-state index in [2.05, 4.69) is 15.9 Å². The van der Waals surface area contributed by atoms with Crippen molar-refractivity contribution in [3.05, 3.63) is 34.3 Å². The zero-order valence-electron chi connectivity index (χ0n) is 7.53. The second-order valence-electron chi connectivity index (χ2n) is 2.94. The first-order valence-electron chi connectivity index (χ1n) is 4.05. The van der Waals surface area contributed by atoms with Crippen LogP contribution in [0.1, 0.15) is 18.4 Å². The standard InChI is InChI=1S/C10H9BrO3/c1-6(9(12)10(13)14)7-2-4-8(11)5-3-7/h2-6H,1H3,(H,13,14). The lowest BCUT2D eigenvalue weighted by Gasteiger charge is -2.07. The summed E-state index contributed by atoms with van der Waals surface area (Å²) in [7, 11) is 0. The van der Waals surface area contributed by atoms with Crippen molar-refractivity contribution >= 4 is 27.7 Å². The smallest absolute Gasteiger partial charge is 0.372 e. The minimum atomic E-state index is -1.39. The molecule has 0 aliphatic rings. The Morgan fingerprint density at radius 1 is 1.29 bits per heavy atom. The normalized spacial score (nSPS) is 12.1. The van der Waals surface area contributed by atoms with Crippen molar-refractivity contribution in [2.24, 2.45) is 0 Å². The van der Waals surface area contributed by atoms with Gasteiger partial charge in [-0.15, -0.1) is 0 Å². The number of hydrogen-bond donors (Lipinski definition) is 1. The second-order valence-corrected chi connectivity index (χ2v) is 3.86. The molecule has 1 N–H and O–H groups in total. The number of carbonyl (C=O) groups is 2. The van der Waals surface area contributed by atoms with Crippen LogP contribution in [0.4, 0.5) is 0 Å². The van der Waals surface area contributed by atoms with Crippen LogP contribution in [0.15, 0.2) is 28.7 Å². The van der Waals surface area contributed by atoms with Crippen LogP contribution in [-0.4, -0.2) is 16.9 Å². The molecule has 1 atom stereocenters. The molecule has 0 radical (unpaired) electrons. The highest BCUT2D eigenvalue weighted by Gasteiger charge is 2.21. The van der Waals surface area contributed by atoms with Crippen LogP contribution in [0, 0.1) is 0 Å². The van der Waals surface area contributed by atoms with Crippen LogP contribution in [-0.2, 0) is 9.59 Å². The molecule has 1 aromatic rings. The van der Waals surface area contributed by atoms with E-state index in [-0.39, 0.29) is 0 Å². The lowest BCUT2D eigenvalue weighted by molar-refractivity contribution is -0.149. The van der Waals surface area contributed by atoms with Gasteiger partial charge < -0.3 is 5.11 Å². The molecule has 74 valence electrons. The number of aliphatic carboxylic acids is 1. The van der Waals surface area contributed by atoms with Gasteiger partial charge in [-0.3, -0.25) is 4.79 Å². The monoisotopic (exact) mass is 256 g/mol. The average molecular weight is 257 g/mol. The van der Waals surface area contributed by atoms with Gasteiger partial charge in [0.05, 0.1) is 5.92 Å². The third kappa shape index (κ3) is 2.42. The maximum absolute atomic E-state index is 11.1. The van der Waals surface area contributed by atoms with E-state index in [4.69, 9.17) is 5.11 Å². The Hall–Kier alpha value is -1.16. The van der Waals surface area contributed by atoms with E-state index in [1.165, 1.54) is 0 Å². The Morgan fingerprint density at radius 3 is 2.21 bits per heavy atom. The van der Waals surface area contributed by atoms with Crippen molar-refractivity contribution in [2.75, 3.05) is 0 Å². The Morgan fingerprint density at radius 2 is 1.79 bits per heavy atom. The maximum Gasteiger partial charge on any atom is 0.372 e. The molecule has 3 nitrogen and oxygen atoms in total. The van der Waals surface area contributed by atoms with Gasteiger partial charge in [-0.05, 0) is 17.7 Å². The number of carboxylic acids is 1. The SMILES string of the molecule is CC(C(=O)C(=O)O)c1ccc(Br)cc1. The van der Waals surface area contributed by atoms with E-state index in [0.717, 1.165) is 4.47 Å². The first kappa shape index (κ1) is 10.9. The van der Waals surface area contributed by atoms with E-state index in [1.807, 2.05) is 0 Å². The predicted molar refractivity (Wildman–Crippen MR) is 55.2 cm³/mol. The van der Waals surface area contributed by atoms with Gasteiger partial charge in [0.15, 0.2) is 0 Å². The van der Waals surface area contributed by atoms with E-state index < -0.39 is 17.7 Å². The molecule has 0 saturated heterocycles. The molecule has 0 aromatic heterocycles. The molecule has 0 aliphatic heterocycles. The number of rotatable bonds is 3. The number of halogens is 1. The van der Waals surface area contributed by atoms with Crippen molar-refractivity contribution in [1.82, 2.24) is 0 Å². The maximum atomic E-state index is 11.1. The summed E-state index contributed by atoms with van der Waals surface area (Å²) in [4.78, 5) is 21.5. The van der Waals surface area contributed by atoms with E-state index in [1.54, 1.807) is 31.2 Å². The van der Waals surface area contributed by atoms with Gasteiger partial charge in [0.1, 0.15) is 0 Å². The first-order valence-corrected chi connectivity index (χ1v) is 4.84. The summed E-state index contributed by atoms with van der Waals surface area (Å²) in [6.07, 6.45) is 0. The quantitative estimate of drug-likeness (QED) is 0.844. The van der Waals surface area contributed by atoms with Crippen LogP contribution >= 0.6 is 15.9 Å². The number of carbonyl (C=O) groups excluding carboxylic acids is 1. The minimum absolute atomic E-state index is 0.597. The molecule has 1 rings (SSSR count). The van der Waals surface area contributed by atoms with Crippen molar-refractivity contribution < 1.29 is 14.7 Å². The third-order valence-electron chi connectivity index (χ3n) is 1.97. The molecule has 1 aromatic carbocycles. The Labute approximate surface area is 89.9 Å². The van der Waals surface area contributed by atoms with Crippen LogP contribution in [0.3, 0.4) is 0 Å². The zero-order chi connectivity index (χ0) is 10.7. The van der Waals surface area contributed by atoms with E-state index in [0.29, 0.717) is 5.56 Å². The van der Waals surface area contributed by atoms with Gasteiger partial charge >= 0.3 is 5.97 Å². The summed E-state index contributed by atoms with van der Waals surface area (Å²) in [6, 6.07) is 7.02. The van der Waals surface area contributed by atoms with Gasteiger partial charge in [-0.1, -0.05) is 35.0 Å². The molecule has 14 heavy (non-hydrogen) atoms. The summed E-state index contributed by atoms with van der Waals surface area (Å²) in [5.74, 6) is -2.77. The number of carboxylic acid groups (broad SMARTS) is 1. The molecule has 0 bridgehead atoms. The third-order valence-corrected chi connectivity index (χ3v) is 2.50. The van der Waals surface area contributed by atoms with E-state index >= 15 is 0 Å². The molecule has 0 aliphatic carbocycles. The van der Waals surface area contributed by atoms with Crippen molar-refractivity contribution in [3.8, 4) is 0 Å². The molecular formula is C10H9BrO3. The van der Waals surface area contributed by atoms with Crippen LogP contribution < -0.4 is 0 Å². The van der Waals surface area contributed by atoms with Crippen molar-refractivity contribution in [2.45, 2.75) is 12.8 Å². The molecule has 4 heteroatoms. The number of Topliss-reactive ketones (excluding diaryl/α,β-unsaturated/α-hetero) is 1. The van der Waals surface area contributed by atoms with Gasteiger partial charge in [-0.2, -0.15) is 0 Å². The zero-order valence-corrected chi connectivity index (χ0v) is 9.11. The first-order chi connectivity index (χ1) is 6.52. The summed E-state index contributed by atoms with van der Waals surface area (Å²) >= 11 is 3.26. The Balaban J connectivity index is 2.89. The molecule has 0 heterocycles. The largest absolute Gasteiger partial charge is 0.475 e. The molecule has 0 fully saturated rings. The predicted octanol–water partition coefficient (Wildman–Crippen LogP) is 2.21. The summed E-state index contributed by atoms with van der Waals surface area (Å²) in [5, 5.41) is 8.51. The summed E-state index contributed by atoms with van der Waals surface area (Å²) in [6.45, 7) is 1.58. The summed E-state index contributed by atoms with van der Waals surface area (Å²) in [5.41, 5.74) is 0.709. The summed E-state index contributed by atoms with van der Waals surface area (Å²) < 4.78 is 0.899. The molecule has 0 saturated carbocycles. The molecule has 0 spiro atoms. The van der Waals surface area contributed by atoms with Crippen molar-refractivity contribution in [3.63, 3.8) is 0 Å². The average Bonchev–Trinajstić information content (AvgIpc) is 2.16. The van der Waals surface area contributed by atoms with Crippen LogP contribution in [0.5, 0.6) is 0 Å². The fourth-order valence-corrected chi connectivity index (χ4v) is 1.35.